The van der Waals surface area contributed by atoms with Crippen molar-refractivity contribution in [3.8, 4) is 0 Å². The van der Waals surface area contributed by atoms with E-state index in [9.17, 15) is 0 Å². The lowest BCUT2D eigenvalue weighted by molar-refractivity contribution is 0.391. The molecule has 0 amide bonds. The van der Waals surface area contributed by atoms with E-state index in [1.165, 1.54) is 12.8 Å². The molecule has 2 rings (SSSR count). The first-order chi connectivity index (χ1) is 8.08. The van der Waals surface area contributed by atoms with Crippen LogP contribution in [0.3, 0.4) is 0 Å². The standard InChI is InChI=1S/C13H22BrN3/c1-9(2)7-17-13(15-8-16-17)6-11-4-5-12(14)10(11)3/h8-12H,4-7H2,1-3H3. The highest BCUT2D eigenvalue weighted by Crippen LogP contribution is 2.38. The molecule has 0 saturated heterocycles. The molecule has 17 heavy (non-hydrogen) atoms. The average molecular weight is 300 g/mol. The van der Waals surface area contributed by atoms with Crippen molar-refractivity contribution < 1.29 is 0 Å². The van der Waals surface area contributed by atoms with Crippen LogP contribution < -0.4 is 0 Å². The van der Waals surface area contributed by atoms with Crippen LogP contribution in [0.25, 0.3) is 0 Å². The minimum absolute atomic E-state index is 0.625. The quantitative estimate of drug-likeness (QED) is 0.799. The first-order valence-electron chi connectivity index (χ1n) is 6.58. The largest absolute Gasteiger partial charge is 0.250 e. The monoisotopic (exact) mass is 299 g/mol. The summed E-state index contributed by atoms with van der Waals surface area (Å²) in [5.41, 5.74) is 0. The molecule has 3 atom stereocenters. The van der Waals surface area contributed by atoms with Crippen molar-refractivity contribution in [3.63, 3.8) is 0 Å². The van der Waals surface area contributed by atoms with Gasteiger partial charge in [-0.2, -0.15) is 5.10 Å². The van der Waals surface area contributed by atoms with Crippen molar-refractivity contribution >= 4 is 15.9 Å². The molecular weight excluding hydrogens is 278 g/mol. The molecule has 0 radical (unpaired) electrons. The normalized spacial score (nSPS) is 29.1. The summed E-state index contributed by atoms with van der Waals surface area (Å²) in [7, 11) is 0. The highest BCUT2D eigenvalue weighted by Gasteiger charge is 2.31. The van der Waals surface area contributed by atoms with E-state index in [1.807, 2.05) is 0 Å². The van der Waals surface area contributed by atoms with Crippen LogP contribution >= 0.6 is 15.9 Å². The minimum Gasteiger partial charge on any atom is -0.250 e. The van der Waals surface area contributed by atoms with Crippen molar-refractivity contribution in [1.29, 1.82) is 0 Å². The highest BCUT2D eigenvalue weighted by molar-refractivity contribution is 9.09. The third kappa shape index (κ3) is 3.09. The smallest absolute Gasteiger partial charge is 0.138 e. The van der Waals surface area contributed by atoms with E-state index in [0.717, 1.165) is 30.6 Å². The van der Waals surface area contributed by atoms with Gasteiger partial charge in [0.05, 0.1) is 0 Å². The van der Waals surface area contributed by atoms with Crippen molar-refractivity contribution in [2.24, 2.45) is 17.8 Å². The number of alkyl halides is 1. The number of nitrogens with zero attached hydrogens (tertiary/aromatic N) is 3. The number of hydrogen-bond acceptors (Lipinski definition) is 2. The molecule has 0 spiro atoms. The molecule has 1 saturated carbocycles. The maximum atomic E-state index is 4.43. The van der Waals surface area contributed by atoms with Gasteiger partial charge < -0.3 is 0 Å². The summed E-state index contributed by atoms with van der Waals surface area (Å²) >= 11 is 3.76. The van der Waals surface area contributed by atoms with Gasteiger partial charge in [-0.3, -0.25) is 0 Å². The number of halogens is 1. The van der Waals surface area contributed by atoms with Gasteiger partial charge in [0.25, 0.3) is 0 Å². The number of hydrogen-bond donors (Lipinski definition) is 0. The van der Waals surface area contributed by atoms with Crippen LogP contribution in [0.1, 0.15) is 39.4 Å². The second kappa shape index (κ2) is 5.51. The fourth-order valence-electron chi connectivity index (χ4n) is 2.66. The maximum absolute atomic E-state index is 4.43. The molecule has 4 heteroatoms. The first kappa shape index (κ1) is 13.1. The van der Waals surface area contributed by atoms with Gasteiger partial charge >= 0.3 is 0 Å². The van der Waals surface area contributed by atoms with E-state index in [0.29, 0.717) is 10.7 Å². The average Bonchev–Trinajstić information content (AvgIpc) is 2.80. The zero-order valence-electron chi connectivity index (χ0n) is 10.9. The van der Waals surface area contributed by atoms with E-state index in [2.05, 4.69) is 51.5 Å². The molecule has 0 N–H and O–H groups in total. The molecule has 1 aliphatic rings. The van der Waals surface area contributed by atoms with Gasteiger partial charge in [-0.25, -0.2) is 9.67 Å². The van der Waals surface area contributed by atoms with Gasteiger partial charge in [0, 0.05) is 17.8 Å². The van der Waals surface area contributed by atoms with Crippen LogP contribution in [-0.2, 0) is 13.0 Å². The molecule has 1 aromatic heterocycles. The molecule has 1 heterocycles. The Labute approximate surface area is 112 Å². The summed E-state index contributed by atoms with van der Waals surface area (Å²) in [6.45, 7) is 7.77. The van der Waals surface area contributed by atoms with Gasteiger partial charge in [0.15, 0.2) is 0 Å². The van der Waals surface area contributed by atoms with E-state index in [1.54, 1.807) is 6.33 Å². The third-order valence-electron chi connectivity index (χ3n) is 3.81. The summed E-state index contributed by atoms with van der Waals surface area (Å²) < 4.78 is 2.08. The fourth-order valence-corrected chi connectivity index (χ4v) is 3.36. The Bertz CT molecular complexity index is 361. The van der Waals surface area contributed by atoms with Crippen molar-refractivity contribution in [2.45, 2.75) is 51.4 Å². The van der Waals surface area contributed by atoms with Crippen molar-refractivity contribution in [1.82, 2.24) is 14.8 Å². The van der Waals surface area contributed by atoms with Crippen LogP contribution in [0, 0.1) is 17.8 Å². The second-order valence-electron chi connectivity index (χ2n) is 5.67. The summed E-state index contributed by atoms with van der Waals surface area (Å²) in [5.74, 6) is 3.30. The Balaban J connectivity index is 2.01. The lowest BCUT2D eigenvalue weighted by Gasteiger charge is -2.17. The lowest BCUT2D eigenvalue weighted by Crippen LogP contribution is -2.17. The van der Waals surface area contributed by atoms with Crippen LogP contribution in [0.15, 0.2) is 6.33 Å². The first-order valence-corrected chi connectivity index (χ1v) is 7.50. The Kier molecular flexibility index (Phi) is 4.23. The summed E-state index contributed by atoms with van der Waals surface area (Å²) in [6, 6.07) is 0. The topological polar surface area (TPSA) is 30.7 Å². The van der Waals surface area contributed by atoms with Crippen LogP contribution in [-0.4, -0.2) is 19.6 Å². The van der Waals surface area contributed by atoms with Crippen molar-refractivity contribution in [3.05, 3.63) is 12.2 Å². The lowest BCUT2D eigenvalue weighted by atomic mass is 9.94. The van der Waals surface area contributed by atoms with Gasteiger partial charge in [-0.1, -0.05) is 36.7 Å². The Hall–Kier alpha value is -0.380. The molecule has 3 nitrogen and oxygen atoms in total. The minimum atomic E-state index is 0.625. The van der Waals surface area contributed by atoms with E-state index in [4.69, 9.17) is 0 Å². The van der Waals surface area contributed by atoms with Crippen LogP contribution in [0.4, 0.5) is 0 Å². The SMILES string of the molecule is CC(C)Cn1ncnc1CC1CCC(Br)C1C. The summed E-state index contributed by atoms with van der Waals surface area (Å²) in [5, 5.41) is 4.34. The zero-order chi connectivity index (χ0) is 12.4. The Morgan fingerprint density at radius 3 is 2.82 bits per heavy atom. The molecule has 0 aromatic carbocycles. The molecule has 1 aromatic rings. The molecule has 3 unspecified atom stereocenters. The third-order valence-corrected chi connectivity index (χ3v) is 5.10. The molecule has 1 aliphatic carbocycles. The molecule has 0 aliphatic heterocycles. The fraction of sp³-hybridized carbons (Fsp3) is 0.846. The van der Waals surface area contributed by atoms with E-state index >= 15 is 0 Å². The van der Waals surface area contributed by atoms with Gasteiger partial charge in [0.2, 0.25) is 0 Å². The van der Waals surface area contributed by atoms with Crippen molar-refractivity contribution in [2.75, 3.05) is 0 Å². The van der Waals surface area contributed by atoms with Gasteiger partial charge in [0.1, 0.15) is 12.2 Å². The van der Waals surface area contributed by atoms with E-state index in [-0.39, 0.29) is 0 Å². The summed E-state index contributed by atoms with van der Waals surface area (Å²) in [6.07, 6.45) is 5.38. The maximum Gasteiger partial charge on any atom is 0.138 e. The Morgan fingerprint density at radius 2 is 2.24 bits per heavy atom. The Morgan fingerprint density at radius 1 is 1.47 bits per heavy atom. The number of aromatic nitrogens is 3. The molecule has 96 valence electrons. The van der Waals surface area contributed by atoms with Crippen LogP contribution in [0.5, 0.6) is 0 Å². The van der Waals surface area contributed by atoms with Gasteiger partial charge in [-0.05, 0) is 30.6 Å². The predicted molar refractivity (Wildman–Crippen MR) is 73.2 cm³/mol. The van der Waals surface area contributed by atoms with Gasteiger partial charge in [-0.15, -0.1) is 0 Å². The zero-order valence-corrected chi connectivity index (χ0v) is 12.5. The number of rotatable bonds is 4. The predicted octanol–water partition coefficient (Wildman–Crippen LogP) is 3.29. The highest BCUT2D eigenvalue weighted by atomic mass is 79.9. The van der Waals surface area contributed by atoms with E-state index < -0.39 is 0 Å². The molecular formula is C13H22BrN3. The summed E-state index contributed by atoms with van der Waals surface area (Å²) in [4.78, 5) is 5.12. The molecule has 0 bridgehead atoms. The molecule has 1 fully saturated rings. The van der Waals surface area contributed by atoms with Crippen LogP contribution in [0.2, 0.25) is 0 Å². The second-order valence-corrected chi connectivity index (χ2v) is 6.85.